The standard InChI is InChI=1S/C19H18N2O2/c1-13(2)21-17(18(22)20-15-9-4-3-5-10-15)12-14-8-6-7-11-16(14)19(21)23/h3-13H,1-2H3,(H,20,22). The maximum Gasteiger partial charge on any atom is 0.272 e. The van der Waals surface area contributed by atoms with Crippen LogP contribution in [0, 0.1) is 0 Å². The van der Waals surface area contributed by atoms with Crippen LogP contribution in [0.3, 0.4) is 0 Å². The number of amides is 1. The zero-order valence-corrected chi connectivity index (χ0v) is 13.1. The molecule has 0 aliphatic carbocycles. The minimum atomic E-state index is -0.284. The Hall–Kier alpha value is -2.88. The van der Waals surface area contributed by atoms with Crippen LogP contribution in [0.15, 0.2) is 65.5 Å². The third-order valence-corrected chi connectivity index (χ3v) is 3.74. The zero-order chi connectivity index (χ0) is 16.4. The Morgan fingerprint density at radius 1 is 1.00 bits per heavy atom. The minimum Gasteiger partial charge on any atom is -0.321 e. The Morgan fingerprint density at radius 3 is 2.35 bits per heavy atom. The van der Waals surface area contributed by atoms with E-state index in [1.165, 1.54) is 0 Å². The number of carbonyl (C=O) groups excluding carboxylic acids is 1. The summed E-state index contributed by atoms with van der Waals surface area (Å²) in [6, 6.07) is 18.2. The fraction of sp³-hybridized carbons (Fsp3) is 0.158. The lowest BCUT2D eigenvalue weighted by molar-refractivity contribution is 0.101. The third kappa shape index (κ3) is 2.88. The Kier molecular flexibility index (Phi) is 3.98. The molecule has 0 atom stereocenters. The van der Waals surface area contributed by atoms with E-state index in [0.717, 1.165) is 5.39 Å². The van der Waals surface area contributed by atoms with Crippen LogP contribution in [0.25, 0.3) is 10.8 Å². The lowest BCUT2D eigenvalue weighted by atomic mass is 10.1. The summed E-state index contributed by atoms with van der Waals surface area (Å²) in [5, 5.41) is 4.24. The van der Waals surface area contributed by atoms with Gasteiger partial charge in [0.2, 0.25) is 0 Å². The quantitative estimate of drug-likeness (QED) is 0.799. The van der Waals surface area contributed by atoms with Crippen molar-refractivity contribution in [2.45, 2.75) is 19.9 Å². The van der Waals surface area contributed by atoms with Gasteiger partial charge in [-0.15, -0.1) is 0 Å². The van der Waals surface area contributed by atoms with Crippen molar-refractivity contribution in [2.75, 3.05) is 5.32 Å². The summed E-state index contributed by atoms with van der Waals surface area (Å²) < 4.78 is 1.54. The fourth-order valence-electron chi connectivity index (χ4n) is 2.68. The number of para-hydroxylation sites is 1. The Bertz CT molecular complexity index is 912. The molecule has 0 saturated carbocycles. The Balaban J connectivity index is 2.14. The third-order valence-electron chi connectivity index (χ3n) is 3.74. The van der Waals surface area contributed by atoms with Crippen molar-refractivity contribution in [3.63, 3.8) is 0 Å². The number of nitrogens with one attached hydrogen (secondary N) is 1. The average molecular weight is 306 g/mol. The summed E-state index contributed by atoms with van der Waals surface area (Å²) >= 11 is 0. The number of hydrogen-bond acceptors (Lipinski definition) is 2. The van der Waals surface area contributed by atoms with Crippen molar-refractivity contribution in [1.29, 1.82) is 0 Å². The zero-order valence-electron chi connectivity index (χ0n) is 13.1. The van der Waals surface area contributed by atoms with E-state index < -0.39 is 0 Å². The summed E-state index contributed by atoms with van der Waals surface area (Å²) in [4.78, 5) is 25.4. The van der Waals surface area contributed by atoms with E-state index in [4.69, 9.17) is 0 Å². The number of rotatable bonds is 3. The highest BCUT2D eigenvalue weighted by molar-refractivity contribution is 6.05. The molecule has 1 N–H and O–H groups in total. The number of aromatic nitrogens is 1. The second kappa shape index (κ2) is 6.08. The van der Waals surface area contributed by atoms with Crippen LogP contribution in [0.5, 0.6) is 0 Å². The SMILES string of the molecule is CC(C)n1c(C(=O)Nc2ccccc2)cc2ccccc2c1=O. The second-order valence-electron chi connectivity index (χ2n) is 5.71. The summed E-state index contributed by atoms with van der Waals surface area (Å²) in [5.74, 6) is -0.284. The van der Waals surface area contributed by atoms with Gasteiger partial charge in [-0.05, 0) is 43.5 Å². The monoisotopic (exact) mass is 306 g/mol. The first-order valence-corrected chi connectivity index (χ1v) is 7.58. The van der Waals surface area contributed by atoms with Crippen LogP contribution in [-0.4, -0.2) is 10.5 Å². The van der Waals surface area contributed by atoms with Crippen molar-refractivity contribution >= 4 is 22.4 Å². The molecule has 0 unspecified atom stereocenters. The lowest BCUT2D eigenvalue weighted by Gasteiger charge is -2.17. The molecule has 0 bridgehead atoms. The van der Waals surface area contributed by atoms with Crippen molar-refractivity contribution in [3.8, 4) is 0 Å². The number of hydrogen-bond donors (Lipinski definition) is 1. The molecule has 2 aromatic carbocycles. The molecule has 0 aliphatic rings. The topological polar surface area (TPSA) is 51.1 Å². The van der Waals surface area contributed by atoms with Gasteiger partial charge in [-0.25, -0.2) is 0 Å². The minimum absolute atomic E-state index is 0.108. The van der Waals surface area contributed by atoms with Crippen molar-refractivity contribution < 1.29 is 4.79 Å². The molecule has 0 aliphatic heterocycles. The van der Waals surface area contributed by atoms with Gasteiger partial charge in [-0.1, -0.05) is 36.4 Å². The van der Waals surface area contributed by atoms with Crippen molar-refractivity contribution in [2.24, 2.45) is 0 Å². The highest BCUT2D eigenvalue weighted by atomic mass is 16.2. The lowest BCUT2D eigenvalue weighted by Crippen LogP contribution is -2.30. The number of carbonyl (C=O) groups is 1. The average Bonchev–Trinajstić information content (AvgIpc) is 2.55. The number of nitrogens with zero attached hydrogens (tertiary/aromatic N) is 1. The van der Waals surface area contributed by atoms with Gasteiger partial charge in [0.25, 0.3) is 11.5 Å². The molecule has 1 aromatic heterocycles. The van der Waals surface area contributed by atoms with Crippen molar-refractivity contribution in [3.05, 3.63) is 76.7 Å². The van der Waals surface area contributed by atoms with Crippen LogP contribution in [0.4, 0.5) is 5.69 Å². The van der Waals surface area contributed by atoms with E-state index in [1.54, 1.807) is 16.7 Å². The normalized spacial score (nSPS) is 10.9. The maximum atomic E-state index is 12.7. The Morgan fingerprint density at radius 2 is 1.65 bits per heavy atom. The van der Waals surface area contributed by atoms with E-state index in [2.05, 4.69) is 5.32 Å². The molecule has 3 aromatic rings. The molecule has 1 heterocycles. The summed E-state index contributed by atoms with van der Waals surface area (Å²) in [5.41, 5.74) is 0.928. The molecule has 116 valence electrons. The number of pyridine rings is 1. The van der Waals surface area contributed by atoms with Gasteiger partial charge in [0.05, 0.1) is 0 Å². The van der Waals surface area contributed by atoms with Gasteiger partial charge in [-0.2, -0.15) is 0 Å². The molecule has 0 radical (unpaired) electrons. The molecular formula is C19H18N2O2. The highest BCUT2D eigenvalue weighted by Gasteiger charge is 2.17. The molecule has 4 nitrogen and oxygen atoms in total. The summed E-state index contributed by atoms with van der Waals surface area (Å²) in [6.45, 7) is 3.80. The molecular weight excluding hydrogens is 288 g/mol. The molecule has 23 heavy (non-hydrogen) atoms. The van der Waals surface area contributed by atoms with E-state index >= 15 is 0 Å². The van der Waals surface area contributed by atoms with Gasteiger partial charge in [0.1, 0.15) is 5.69 Å². The number of anilines is 1. The van der Waals surface area contributed by atoms with Crippen LogP contribution < -0.4 is 10.9 Å². The molecule has 0 spiro atoms. The maximum absolute atomic E-state index is 12.7. The molecule has 1 amide bonds. The second-order valence-corrected chi connectivity index (χ2v) is 5.71. The van der Waals surface area contributed by atoms with Crippen LogP contribution >= 0.6 is 0 Å². The van der Waals surface area contributed by atoms with Crippen LogP contribution in [0.1, 0.15) is 30.4 Å². The summed E-state index contributed by atoms with van der Waals surface area (Å²) in [6.07, 6.45) is 0. The predicted molar refractivity (Wildman–Crippen MR) is 93.0 cm³/mol. The van der Waals surface area contributed by atoms with Crippen molar-refractivity contribution in [1.82, 2.24) is 4.57 Å². The van der Waals surface area contributed by atoms with E-state index in [1.807, 2.05) is 62.4 Å². The van der Waals surface area contributed by atoms with Crippen LogP contribution in [-0.2, 0) is 0 Å². The van der Waals surface area contributed by atoms with Gasteiger partial charge in [-0.3, -0.25) is 9.59 Å². The first-order chi connectivity index (χ1) is 11.1. The smallest absolute Gasteiger partial charge is 0.272 e. The van der Waals surface area contributed by atoms with Gasteiger partial charge in [0.15, 0.2) is 0 Å². The first-order valence-electron chi connectivity index (χ1n) is 7.58. The highest BCUT2D eigenvalue weighted by Crippen LogP contribution is 2.17. The van der Waals surface area contributed by atoms with Crippen LogP contribution in [0.2, 0.25) is 0 Å². The van der Waals surface area contributed by atoms with Gasteiger partial charge < -0.3 is 9.88 Å². The largest absolute Gasteiger partial charge is 0.321 e. The molecule has 0 fully saturated rings. The number of fused-ring (bicyclic) bond motifs is 1. The predicted octanol–water partition coefficient (Wildman–Crippen LogP) is 3.83. The van der Waals surface area contributed by atoms with Gasteiger partial charge in [0, 0.05) is 17.1 Å². The molecule has 4 heteroatoms. The van der Waals surface area contributed by atoms with E-state index in [9.17, 15) is 9.59 Å². The fourth-order valence-corrected chi connectivity index (χ4v) is 2.68. The van der Waals surface area contributed by atoms with E-state index in [-0.39, 0.29) is 17.5 Å². The molecule has 0 saturated heterocycles. The molecule has 3 rings (SSSR count). The van der Waals surface area contributed by atoms with E-state index in [0.29, 0.717) is 16.8 Å². The van der Waals surface area contributed by atoms with Gasteiger partial charge >= 0.3 is 0 Å². The first kappa shape index (κ1) is 15.0. The number of benzene rings is 2. The Labute approximate surface area is 134 Å². The summed E-state index contributed by atoms with van der Waals surface area (Å²) in [7, 11) is 0.